The molecule has 0 N–H and O–H groups in total. The zero-order valence-corrected chi connectivity index (χ0v) is 16.2. The van der Waals surface area contributed by atoms with Crippen LogP contribution in [0.25, 0.3) is 44.2 Å². The highest BCUT2D eigenvalue weighted by Gasteiger charge is 2.21. The summed E-state index contributed by atoms with van der Waals surface area (Å²) in [5, 5.41) is 12.9. The van der Waals surface area contributed by atoms with Crippen LogP contribution in [-0.2, 0) is 0 Å². The molecule has 3 nitrogen and oxygen atoms in total. The van der Waals surface area contributed by atoms with Gasteiger partial charge < -0.3 is 0 Å². The number of hydrogen-bond acceptors (Lipinski definition) is 1. The molecule has 0 aliphatic rings. The Morgan fingerprint density at radius 3 is 1.60 bits per heavy atom. The molecule has 0 bridgehead atoms. The van der Waals surface area contributed by atoms with Crippen molar-refractivity contribution in [2.75, 3.05) is 0 Å². The van der Waals surface area contributed by atoms with Crippen LogP contribution in [-0.4, -0.2) is 9.13 Å². The van der Waals surface area contributed by atoms with E-state index in [1.54, 1.807) is 0 Å². The molecule has 30 heavy (non-hydrogen) atoms. The number of benzene rings is 4. The van der Waals surface area contributed by atoms with Crippen molar-refractivity contribution < 1.29 is 0 Å². The summed E-state index contributed by atoms with van der Waals surface area (Å²) in [6.45, 7) is 0. The van der Waals surface area contributed by atoms with Gasteiger partial charge in [0, 0.05) is 27.5 Å². The molecule has 140 valence electrons. The summed E-state index contributed by atoms with van der Waals surface area (Å²) in [5.74, 6) is 0. The van der Waals surface area contributed by atoms with Crippen molar-refractivity contribution >= 4 is 32.8 Å². The summed E-state index contributed by atoms with van der Waals surface area (Å²) in [4.78, 5) is 0. The first kappa shape index (κ1) is 16.6. The van der Waals surface area contributed by atoms with Gasteiger partial charge in [-0.3, -0.25) is 9.13 Å². The van der Waals surface area contributed by atoms with Crippen LogP contribution in [0, 0.1) is 11.3 Å². The van der Waals surface area contributed by atoms with E-state index < -0.39 is 0 Å². The first-order chi connectivity index (χ1) is 14.9. The molecule has 0 fully saturated rings. The van der Waals surface area contributed by atoms with E-state index in [0.29, 0.717) is 5.56 Å². The predicted molar refractivity (Wildman–Crippen MR) is 122 cm³/mol. The maximum Gasteiger partial charge on any atom is 0.131 e. The van der Waals surface area contributed by atoms with Crippen LogP contribution in [0.1, 0.15) is 5.56 Å². The molecule has 6 aromatic rings. The van der Waals surface area contributed by atoms with Crippen molar-refractivity contribution in [2.24, 2.45) is 0 Å². The maximum absolute atomic E-state index is 9.23. The predicted octanol–water partition coefficient (Wildman–Crippen LogP) is 6.60. The first-order valence-electron chi connectivity index (χ1n) is 9.95. The molecule has 0 amide bonds. The topological polar surface area (TPSA) is 33.6 Å². The maximum atomic E-state index is 9.23. The first-order valence-corrected chi connectivity index (χ1v) is 9.95. The van der Waals surface area contributed by atoms with Gasteiger partial charge in [0.2, 0.25) is 0 Å². The minimum atomic E-state index is 0.662. The molecule has 0 atom stereocenters. The SMILES string of the molecule is N#Cc1ccc(-n2c3ccccc3c3c4ccccc4n(-c4ccccc4)c32)cc1. The van der Waals surface area contributed by atoms with Crippen LogP contribution in [0.3, 0.4) is 0 Å². The molecular weight excluding hydrogens is 366 g/mol. The molecule has 2 aromatic heterocycles. The number of hydrogen-bond donors (Lipinski definition) is 0. The van der Waals surface area contributed by atoms with Gasteiger partial charge in [-0.1, -0.05) is 54.6 Å². The van der Waals surface area contributed by atoms with Gasteiger partial charge >= 0.3 is 0 Å². The van der Waals surface area contributed by atoms with Gasteiger partial charge in [0.15, 0.2) is 0 Å². The highest BCUT2D eigenvalue weighted by atomic mass is 15.1. The molecule has 3 heteroatoms. The Balaban J connectivity index is 1.86. The largest absolute Gasteiger partial charge is 0.295 e. The van der Waals surface area contributed by atoms with E-state index in [4.69, 9.17) is 0 Å². The van der Waals surface area contributed by atoms with Crippen LogP contribution in [0.4, 0.5) is 0 Å². The fourth-order valence-electron chi connectivity index (χ4n) is 4.48. The quantitative estimate of drug-likeness (QED) is 0.332. The minimum absolute atomic E-state index is 0.662. The van der Waals surface area contributed by atoms with E-state index >= 15 is 0 Å². The summed E-state index contributed by atoms with van der Waals surface area (Å²) < 4.78 is 4.64. The fourth-order valence-corrected chi connectivity index (χ4v) is 4.48. The van der Waals surface area contributed by atoms with Crippen molar-refractivity contribution in [1.29, 1.82) is 5.26 Å². The zero-order chi connectivity index (χ0) is 20.1. The Morgan fingerprint density at radius 2 is 1.03 bits per heavy atom. The average molecular weight is 383 g/mol. The Bertz CT molecular complexity index is 1580. The third-order valence-electron chi connectivity index (χ3n) is 5.74. The van der Waals surface area contributed by atoms with E-state index in [1.807, 2.05) is 30.3 Å². The van der Waals surface area contributed by atoms with E-state index in [9.17, 15) is 5.26 Å². The van der Waals surface area contributed by atoms with Gasteiger partial charge in [-0.25, -0.2) is 0 Å². The molecule has 0 aliphatic heterocycles. The van der Waals surface area contributed by atoms with Gasteiger partial charge in [-0.15, -0.1) is 0 Å². The normalized spacial score (nSPS) is 11.3. The molecule has 4 aromatic carbocycles. The smallest absolute Gasteiger partial charge is 0.131 e. The lowest BCUT2D eigenvalue weighted by atomic mass is 10.1. The van der Waals surface area contributed by atoms with Crippen molar-refractivity contribution in [3.63, 3.8) is 0 Å². The number of para-hydroxylation sites is 3. The van der Waals surface area contributed by atoms with Crippen molar-refractivity contribution in [2.45, 2.75) is 0 Å². The van der Waals surface area contributed by atoms with Gasteiger partial charge in [-0.2, -0.15) is 5.26 Å². The number of aromatic nitrogens is 2. The average Bonchev–Trinajstić information content (AvgIpc) is 3.32. The molecule has 2 heterocycles. The standard InChI is InChI=1S/C27H17N3/c28-18-19-14-16-21(17-15-19)30-25-13-7-5-11-23(25)26-22-10-4-6-12-24(22)29(27(26)30)20-8-2-1-3-9-20/h1-17H. The third kappa shape index (κ3) is 2.25. The van der Waals surface area contributed by atoms with Gasteiger partial charge in [0.05, 0.1) is 22.7 Å². The summed E-state index contributed by atoms with van der Waals surface area (Å²) in [6.07, 6.45) is 0. The zero-order valence-electron chi connectivity index (χ0n) is 16.2. The van der Waals surface area contributed by atoms with Gasteiger partial charge in [0.1, 0.15) is 5.65 Å². The van der Waals surface area contributed by atoms with Crippen LogP contribution in [0.2, 0.25) is 0 Å². The van der Waals surface area contributed by atoms with E-state index in [2.05, 4.69) is 88.0 Å². The highest BCUT2D eigenvalue weighted by Crippen LogP contribution is 2.40. The Kier molecular flexibility index (Phi) is 3.53. The van der Waals surface area contributed by atoms with Crippen LogP contribution in [0.5, 0.6) is 0 Å². The number of nitriles is 1. The fraction of sp³-hybridized carbons (Fsp3) is 0. The molecule has 6 rings (SSSR count). The van der Waals surface area contributed by atoms with Crippen molar-refractivity contribution in [3.8, 4) is 17.4 Å². The highest BCUT2D eigenvalue weighted by molar-refractivity contribution is 6.22. The summed E-state index contributed by atoms with van der Waals surface area (Å²) >= 11 is 0. The van der Waals surface area contributed by atoms with Crippen LogP contribution in [0.15, 0.2) is 103 Å². The van der Waals surface area contributed by atoms with Crippen molar-refractivity contribution in [3.05, 3.63) is 109 Å². The molecule has 0 radical (unpaired) electrons. The van der Waals surface area contributed by atoms with E-state index in [1.165, 1.54) is 21.7 Å². The second-order valence-electron chi connectivity index (χ2n) is 7.40. The monoisotopic (exact) mass is 383 g/mol. The lowest BCUT2D eigenvalue weighted by molar-refractivity contribution is 1.07. The molecule has 0 saturated carbocycles. The summed E-state index contributed by atoms with van der Waals surface area (Å²) in [5.41, 5.74) is 6.30. The summed E-state index contributed by atoms with van der Waals surface area (Å²) in [7, 11) is 0. The number of rotatable bonds is 2. The van der Waals surface area contributed by atoms with Gasteiger partial charge in [-0.05, 0) is 48.5 Å². The molecule has 0 spiro atoms. The molecule has 0 saturated heterocycles. The lowest BCUT2D eigenvalue weighted by Crippen LogP contribution is -2.01. The van der Waals surface area contributed by atoms with Crippen LogP contribution >= 0.6 is 0 Å². The van der Waals surface area contributed by atoms with E-state index in [-0.39, 0.29) is 0 Å². The second kappa shape index (κ2) is 6.37. The van der Waals surface area contributed by atoms with Gasteiger partial charge in [0.25, 0.3) is 0 Å². The van der Waals surface area contributed by atoms with E-state index in [0.717, 1.165) is 22.5 Å². The Labute approximate surface area is 173 Å². The Morgan fingerprint density at radius 1 is 0.533 bits per heavy atom. The Hall–Kier alpha value is -4.29. The second-order valence-corrected chi connectivity index (χ2v) is 7.40. The number of fused-ring (bicyclic) bond motifs is 5. The van der Waals surface area contributed by atoms with Crippen molar-refractivity contribution in [1.82, 2.24) is 9.13 Å². The lowest BCUT2D eigenvalue weighted by Gasteiger charge is -2.12. The molecule has 0 aliphatic carbocycles. The molecule has 0 unspecified atom stereocenters. The minimum Gasteiger partial charge on any atom is -0.295 e. The number of nitrogens with zero attached hydrogens (tertiary/aromatic N) is 3. The summed E-state index contributed by atoms with van der Waals surface area (Å²) in [6, 6.07) is 37.6. The van der Waals surface area contributed by atoms with Crippen LogP contribution < -0.4 is 0 Å². The molecular formula is C27H17N3. The third-order valence-corrected chi connectivity index (χ3v) is 5.74.